The minimum absolute atomic E-state index is 0.0116. The van der Waals surface area contributed by atoms with Crippen molar-refractivity contribution >= 4 is 17.7 Å². The number of hydrogen-bond donors (Lipinski definition) is 1. The predicted molar refractivity (Wildman–Crippen MR) is 99.1 cm³/mol. The van der Waals surface area contributed by atoms with Gasteiger partial charge < -0.3 is 9.73 Å². The van der Waals surface area contributed by atoms with Crippen molar-refractivity contribution in [2.45, 2.75) is 56.5 Å². The van der Waals surface area contributed by atoms with E-state index in [1.54, 1.807) is 12.1 Å². The zero-order chi connectivity index (χ0) is 18.7. The van der Waals surface area contributed by atoms with Gasteiger partial charge >= 0.3 is 0 Å². The minimum atomic E-state index is -0.332. The van der Waals surface area contributed by atoms with Gasteiger partial charge in [-0.1, -0.05) is 38.5 Å². The van der Waals surface area contributed by atoms with Crippen LogP contribution >= 0.6 is 11.8 Å². The van der Waals surface area contributed by atoms with Crippen LogP contribution in [-0.2, 0) is 4.79 Å². The topological polar surface area (TPSA) is 68.0 Å². The van der Waals surface area contributed by atoms with Crippen molar-refractivity contribution in [3.05, 3.63) is 30.1 Å². The lowest BCUT2D eigenvalue weighted by Crippen LogP contribution is -2.46. The van der Waals surface area contributed by atoms with Crippen molar-refractivity contribution in [3.63, 3.8) is 0 Å². The molecule has 3 rings (SSSR count). The van der Waals surface area contributed by atoms with E-state index in [1.807, 2.05) is 6.92 Å². The summed E-state index contributed by atoms with van der Waals surface area (Å²) in [5.74, 6) is 1.10. The summed E-state index contributed by atoms with van der Waals surface area (Å²) in [6, 6.07) is 6.08. The number of aromatic nitrogens is 2. The molecule has 0 spiro atoms. The second-order valence-corrected chi connectivity index (χ2v) is 8.31. The van der Waals surface area contributed by atoms with Gasteiger partial charge in [0.15, 0.2) is 0 Å². The molecule has 5 nitrogen and oxygen atoms in total. The van der Waals surface area contributed by atoms with Crippen LogP contribution in [0.1, 0.15) is 40.0 Å². The Morgan fingerprint density at radius 2 is 2.00 bits per heavy atom. The van der Waals surface area contributed by atoms with Gasteiger partial charge in [-0.2, -0.15) is 0 Å². The summed E-state index contributed by atoms with van der Waals surface area (Å²) in [5.41, 5.74) is 0.646. The second-order valence-electron chi connectivity index (χ2n) is 7.02. The molecule has 1 heterocycles. The molecule has 1 saturated carbocycles. The highest BCUT2D eigenvalue weighted by molar-refractivity contribution is 8.00. The van der Waals surface area contributed by atoms with Crippen LogP contribution in [0.2, 0.25) is 0 Å². The van der Waals surface area contributed by atoms with Crippen molar-refractivity contribution in [3.8, 4) is 11.5 Å². The number of amides is 1. The molecule has 1 amide bonds. The largest absolute Gasteiger partial charge is 0.411 e. The molecule has 0 bridgehead atoms. The van der Waals surface area contributed by atoms with Crippen LogP contribution in [0.5, 0.6) is 0 Å². The van der Waals surface area contributed by atoms with Crippen molar-refractivity contribution < 1.29 is 13.6 Å². The Morgan fingerprint density at radius 1 is 1.27 bits per heavy atom. The molecule has 0 aliphatic heterocycles. The van der Waals surface area contributed by atoms with Crippen LogP contribution in [0.25, 0.3) is 11.5 Å². The lowest BCUT2D eigenvalue weighted by Gasteiger charge is -2.35. The van der Waals surface area contributed by atoms with Crippen molar-refractivity contribution in [2.24, 2.45) is 11.8 Å². The quantitative estimate of drug-likeness (QED) is 0.787. The van der Waals surface area contributed by atoms with Crippen LogP contribution in [0.15, 0.2) is 33.9 Å². The van der Waals surface area contributed by atoms with Gasteiger partial charge in [0, 0.05) is 11.6 Å². The molecule has 2 aromatic rings. The Hall–Kier alpha value is -1.89. The minimum Gasteiger partial charge on any atom is -0.411 e. The third-order valence-electron chi connectivity index (χ3n) is 5.18. The highest BCUT2D eigenvalue weighted by Gasteiger charge is 2.29. The summed E-state index contributed by atoms with van der Waals surface area (Å²) in [6.07, 6.45) is 3.42. The first-order chi connectivity index (χ1) is 12.4. The Morgan fingerprint density at radius 3 is 2.73 bits per heavy atom. The zero-order valence-electron chi connectivity index (χ0n) is 15.2. The molecule has 140 valence electrons. The SMILES string of the molecule is C[C@H]1[C@H](C)CCC[C@H]1NC(=O)[C@@H](C)Sc1nnc(-c2ccc(F)cc2)o1. The fourth-order valence-electron chi connectivity index (χ4n) is 3.26. The van der Waals surface area contributed by atoms with Crippen molar-refractivity contribution in [1.82, 2.24) is 15.5 Å². The third kappa shape index (κ3) is 4.44. The first-order valence-electron chi connectivity index (χ1n) is 9.00. The summed E-state index contributed by atoms with van der Waals surface area (Å²) in [6.45, 7) is 6.29. The summed E-state index contributed by atoms with van der Waals surface area (Å²) in [7, 11) is 0. The highest BCUT2D eigenvalue weighted by Crippen LogP contribution is 2.30. The highest BCUT2D eigenvalue weighted by atomic mass is 32.2. The molecule has 1 aliphatic rings. The monoisotopic (exact) mass is 377 g/mol. The molecule has 0 unspecified atom stereocenters. The van der Waals surface area contributed by atoms with E-state index in [4.69, 9.17) is 4.42 Å². The van der Waals surface area contributed by atoms with Crippen LogP contribution in [0.3, 0.4) is 0 Å². The number of nitrogens with zero attached hydrogens (tertiary/aromatic N) is 2. The van der Waals surface area contributed by atoms with Crippen molar-refractivity contribution in [1.29, 1.82) is 0 Å². The molecule has 1 aliphatic carbocycles. The maximum absolute atomic E-state index is 13.0. The molecule has 7 heteroatoms. The van der Waals surface area contributed by atoms with Gasteiger partial charge in [-0.3, -0.25) is 4.79 Å². The number of halogens is 1. The van der Waals surface area contributed by atoms with Gasteiger partial charge in [-0.05, 0) is 49.4 Å². The second kappa shape index (κ2) is 8.20. The Kier molecular flexibility index (Phi) is 5.96. The maximum Gasteiger partial charge on any atom is 0.277 e. The van der Waals surface area contributed by atoms with Gasteiger partial charge in [-0.15, -0.1) is 10.2 Å². The Balaban J connectivity index is 1.58. The van der Waals surface area contributed by atoms with Crippen LogP contribution in [0.4, 0.5) is 4.39 Å². The first kappa shape index (κ1) is 18.9. The molecule has 1 aromatic heterocycles. The lowest BCUT2D eigenvalue weighted by molar-refractivity contribution is -0.121. The molecule has 1 N–H and O–H groups in total. The molecule has 4 atom stereocenters. The average Bonchev–Trinajstić information content (AvgIpc) is 3.08. The molecule has 1 aromatic carbocycles. The fraction of sp³-hybridized carbons (Fsp3) is 0.526. The predicted octanol–water partition coefficient (Wildman–Crippen LogP) is 4.30. The van der Waals surface area contributed by atoms with E-state index in [-0.39, 0.29) is 23.0 Å². The summed E-state index contributed by atoms with van der Waals surface area (Å²) in [4.78, 5) is 12.5. The van der Waals surface area contributed by atoms with Gasteiger partial charge in [-0.25, -0.2) is 4.39 Å². The van der Waals surface area contributed by atoms with E-state index < -0.39 is 0 Å². The number of hydrogen-bond acceptors (Lipinski definition) is 5. The van der Waals surface area contributed by atoms with Gasteiger partial charge in [0.05, 0.1) is 5.25 Å². The first-order valence-corrected chi connectivity index (χ1v) is 9.88. The number of nitrogens with one attached hydrogen (secondary N) is 1. The van der Waals surface area contributed by atoms with E-state index in [1.165, 1.54) is 30.3 Å². The third-order valence-corrected chi connectivity index (χ3v) is 6.11. The molecule has 0 saturated heterocycles. The maximum atomic E-state index is 13.0. The lowest BCUT2D eigenvalue weighted by atomic mass is 9.78. The smallest absolute Gasteiger partial charge is 0.277 e. The summed E-state index contributed by atoms with van der Waals surface area (Å²) in [5, 5.41) is 11.1. The van der Waals surface area contributed by atoms with E-state index in [0.29, 0.717) is 28.5 Å². The number of rotatable bonds is 5. The molecule has 0 radical (unpaired) electrons. The standard InChI is InChI=1S/C19H24FN3O2S/c1-11-5-4-6-16(12(11)2)21-17(24)13(3)26-19-23-22-18(25-19)14-7-9-15(20)10-8-14/h7-13,16H,4-6H2,1-3H3,(H,21,24)/t11-,12+,13-,16-/m1/s1. The number of benzene rings is 1. The fourth-order valence-corrected chi connectivity index (χ4v) is 3.95. The summed E-state index contributed by atoms with van der Waals surface area (Å²) < 4.78 is 18.6. The van der Waals surface area contributed by atoms with Gasteiger partial charge in [0.1, 0.15) is 5.82 Å². The van der Waals surface area contributed by atoms with E-state index >= 15 is 0 Å². The Labute approximate surface area is 157 Å². The van der Waals surface area contributed by atoms with E-state index in [9.17, 15) is 9.18 Å². The molecule has 26 heavy (non-hydrogen) atoms. The van der Waals surface area contributed by atoms with Crippen LogP contribution < -0.4 is 5.32 Å². The number of carbonyl (C=O) groups excluding carboxylic acids is 1. The number of carbonyl (C=O) groups is 1. The van der Waals surface area contributed by atoms with E-state index in [2.05, 4.69) is 29.4 Å². The summed E-state index contributed by atoms with van der Waals surface area (Å²) >= 11 is 1.23. The molecular weight excluding hydrogens is 353 g/mol. The normalized spacial score (nSPS) is 24.2. The van der Waals surface area contributed by atoms with Gasteiger partial charge in [0.2, 0.25) is 11.8 Å². The van der Waals surface area contributed by atoms with Crippen LogP contribution in [0, 0.1) is 17.7 Å². The number of thioether (sulfide) groups is 1. The molecule has 1 fully saturated rings. The zero-order valence-corrected chi connectivity index (χ0v) is 16.1. The van der Waals surface area contributed by atoms with E-state index in [0.717, 1.165) is 12.8 Å². The average molecular weight is 377 g/mol. The van der Waals surface area contributed by atoms with Crippen molar-refractivity contribution in [2.75, 3.05) is 0 Å². The van der Waals surface area contributed by atoms with Crippen LogP contribution in [-0.4, -0.2) is 27.4 Å². The Bertz CT molecular complexity index is 749. The molecular formula is C19H24FN3O2S. The van der Waals surface area contributed by atoms with Gasteiger partial charge in [0.25, 0.3) is 5.22 Å².